The van der Waals surface area contributed by atoms with E-state index in [0.29, 0.717) is 19.8 Å². The standard InChI is InChI=1S/C17H29NO3/c1-14(2)21-13-16(19)12-18(4)10-7-11-20-17-9-6-5-8-15(17)3/h5-6,8-9,14,16,19H,7,10-13H2,1-4H3. The summed E-state index contributed by atoms with van der Waals surface area (Å²) in [5, 5.41) is 9.84. The Morgan fingerprint density at radius 2 is 1.95 bits per heavy atom. The van der Waals surface area contributed by atoms with E-state index < -0.39 is 6.10 Å². The van der Waals surface area contributed by atoms with Gasteiger partial charge in [0.1, 0.15) is 5.75 Å². The third-order valence-corrected chi connectivity index (χ3v) is 3.18. The zero-order valence-corrected chi connectivity index (χ0v) is 13.7. The van der Waals surface area contributed by atoms with Gasteiger partial charge in [-0.25, -0.2) is 0 Å². The molecule has 0 saturated carbocycles. The van der Waals surface area contributed by atoms with Gasteiger partial charge in [-0.2, -0.15) is 0 Å². The second kappa shape index (κ2) is 9.77. The molecule has 0 aliphatic heterocycles. The van der Waals surface area contributed by atoms with E-state index >= 15 is 0 Å². The molecular formula is C17H29NO3. The number of likely N-dealkylation sites (N-methyl/N-ethyl adjacent to an activating group) is 1. The Morgan fingerprint density at radius 3 is 2.62 bits per heavy atom. The number of ether oxygens (including phenoxy) is 2. The molecule has 0 saturated heterocycles. The third kappa shape index (κ3) is 8.05. The van der Waals surface area contributed by atoms with Gasteiger partial charge in [-0.3, -0.25) is 0 Å². The average molecular weight is 295 g/mol. The van der Waals surface area contributed by atoms with Gasteiger partial charge >= 0.3 is 0 Å². The van der Waals surface area contributed by atoms with Crippen LogP contribution in [0.5, 0.6) is 5.75 Å². The van der Waals surface area contributed by atoms with Crippen LogP contribution in [0.1, 0.15) is 25.8 Å². The lowest BCUT2D eigenvalue weighted by Crippen LogP contribution is -2.34. The molecule has 1 aromatic rings. The lowest BCUT2D eigenvalue weighted by Gasteiger charge is -2.21. The molecule has 0 aromatic heterocycles. The summed E-state index contributed by atoms with van der Waals surface area (Å²) in [7, 11) is 2.01. The molecule has 1 rings (SSSR count). The Morgan fingerprint density at radius 1 is 1.24 bits per heavy atom. The molecule has 0 heterocycles. The van der Waals surface area contributed by atoms with E-state index in [1.807, 2.05) is 52.1 Å². The minimum atomic E-state index is -0.435. The van der Waals surface area contributed by atoms with Crippen LogP contribution in [-0.2, 0) is 4.74 Å². The van der Waals surface area contributed by atoms with Crippen molar-refractivity contribution in [1.29, 1.82) is 0 Å². The van der Waals surface area contributed by atoms with Crippen molar-refractivity contribution in [2.45, 2.75) is 39.4 Å². The highest BCUT2D eigenvalue weighted by Gasteiger charge is 2.09. The summed E-state index contributed by atoms with van der Waals surface area (Å²) in [4.78, 5) is 2.11. The van der Waals surface area contributed by atoms with Crippen molar-refractivity contribution < 1.29 is 14.6 Å². The zero-order valence-electron chi connectivity index (χ0n) is 13.7. The summed E-state index contributed by atoms with van der Waals surface area (Å²) < 4.78 is 11.2. The summed E-state index contributed by atoms with van der Waals surface area (Å²) in [5.74, 6) is 0.950. The first-order valence-corrected chi connectivity index (χ1v) is 7.65. The Hall–Kier alpha value is -1.10. The number of benzene rings is 1. The summed E-state index contributed by atoms with van der Waals surface area (Å²) >= 11 is 0. The average Bonchev–Trinajstić information content (AvgIpc) is 2.43. The van der Waals surface area contributed by atoms with E-state index in [4.69, 9.17) is 9.47 Å². The van der Waals surface area contributed by atoms with Gasteiger partial charge in [0.25, 0.3) is 0 Å². The SMILES string of the molecule is Cc1ccccc1OCCCN(C)CC(O)COC(C)C. The molecule has 1 atom stereocenters. The number of rotatable bonds is 10. The van der Waals surface area contributed by atoms with Crippen LogP contribution >= 0.6 is 0 Å². The monoisotopic (exact) mass is 295 g/mol. The number of aliphatic hydroxyl groups is 1. The molecule has 0 spiro atoms. The van der Waals surface area contributed by atoms with Crippen molar-refractivity contribution >= 4 is 0 Å². The highest BCUT2D eigenvalue weighted by molar-refractivity contribution is 5.31. The summed E-state index contributed by atoms with van der Waals surface area (Å²) in [6.07, 6.45) is 0.657. The minimum Gasteiger partial charge on any atom is -0.493 e. The normalized spacial score (nSPS) is 12.9. The maximum atomic E-state index is 9.84. The molecule has 4 nitrogen and oxygen atoms in total. The topological polar surface area (TPSA) is 41.9 Å². The molecule has 0 aliphatic rings. The largest absolute Gasteiger partial charge is 0.493 e. The van der Waals surface area contributed by atoms with Crippen molar-refractivity contribution in [1.82, 2.24) is 4.90 Å². The molecule has 4 heteroatoms. The number of nitrogens with zero attached hydrogens (tertiary/aromatic N) is 1. The fraction of sp³-hybridized carbons (Fsp3) is 0.647. The van der Waals surface area contributed by atoms with Crippen molar-refractivity contribution in [3.63, 3.8) is 0 Å². The number of aryl methyl sites for hydroxylation is 1. The molecule has 21 heavy (non-hydrogen) atoms. The van der Waals surface area contributed by atoms with Crippen molar-refractivity contribution in [3.05, 3.63) is 29.8 Å². The minimum absolute atomic E-state index is 0.160. The molecule has 120 valence electrons. The van der Waals surface area contributed by atoms with Crippen LogP contribution in [0.25, 0.3) is 0 Å². The van der Waals surface area contributed by atoms with E-state index in [1.54, 1.807) is 0 Å². The summed E-state index contributed by atoms with van der Waals surface area (Å²) in [5.41, 5.74) is 1.16. The van der Waals surface area contributed by atoms with Crippen LogP contribution < -0.4 is 4.74 Å². The maximum absolute atomic E-state index is 9.84. The highest BCUT2D eigenvalue weighted by atomic mass is 16.5. The molecule has 0 aliphatic carbocycles. The molecular weight excluding hydrogens is 266 g/mol. The first kappa shape index (κ1) is 18.0. The molecule has 0 fully saturated rings. The molecule has 1 unspecified atom stereocenters. The van der Waals surface area contributed by atoms with Crippen molar-refractivity contribution in [2.24, 2.45) is 0 Å². The Labute approximate surface area is 128 Å². The number of hydrogen-bond acceptors (Lipinski definition) is 4. The molecule has 0 radical (unpaired) electrons. The number of aliphatic hydroxyl groups excluding tert-OH is 1. The van der Waals surface area contributed by atoms with E-state index in [2.05, 4.69) is 4.90 Å². The molecule has 0 amide bonds. The molecule has 0 bridgehead atoms. The summed E-state index contributed by atoms with van der Waals surface area (Å²) in [6, 6.07) is 8.04. The van der Waals surface area contributed by atoms with Crippen molar-refractivity contribution in [3.8, 4) is 5.75 Å². The van der Waals surface area contributed by atoms with Gasteiger partial charge in [0.05, 0.1) is 25.4 Å². The van der Waals surface area contributed by atoms with Gasteiger partial charge in [-0.1, -0.05) is 18.2 Å². The first-order valence-electron chi connectivity index (χ1n) is 7.65. The second-order valence-corrected chi connectivity index (χ2v) is 5.77. The summed E-state index contributed by atoms with van der Waals surface area (Å²) in [6.45, 7) is 8.59. The maximum Gasteiger partial charge on any atom is 0.122 e. The van der Waals surface area contributed by atoms with E-state index in [9.17, 15) is 5.11 Å². The number of hydrogen-bond donors (Lipinski definition) is 1. The lowest BCUT2D eigenvalue weighted by molar-refractivity contribution is -0.00587. The van der Waals surface area contributed by atoms with Gasteiger partial charge < -0.3 is 19.5 Å². The second-order valence-electron chi connectivity index (χ2n) is 5.77. The molecule has 1 aromatic carbocycles. The van der Waals surface area contributed by atoms with Gasteiger partial charge in [-0.15, -0.1) is 0 Å². The van der Waals surface area contributed by atoms with Crippen LogP contribution in [-0.4, -0.2) is 55.6 Å². The highest BCUT2D eigenvalue weighted by Crippen LogP contribution is 2.16. The van der Waals surface area contributed by atoms with Crippen LogP contribution in [0.4, 0.5) is 0 Å². The third-order valence-electron chi connectivity index (χ3n) is 3.18. The van der Waals surface area contributed by atoms with Crippen LogP contribution in [0.3, 0.4) is 0 Å². The van der Waals surface area contributed by atoms with Crippen molar-refractivity contribution in [2.75, 3.05) is 33.4 Å². The smallest absolute Gasteiger partial charge is 0.122 e. The fourth-order valence-electron chi connectivity index (χ4n) is 2.04. The van der Waals surface area contributed by atoms with Gasteiger partial charge in [0.15, 0.2) is 0 Å². The first-order chi connectivity index (χ1) is 9.99. The van der Waals surface area contributed by atoms with E-state index in [0.717, 1.165) is 24.3 Å². The Balaban J connectivity index is 2.13. The van der Waals surface area contributed by atoms with E-state index in [-0.39, 0.29) is 6.10 Å². The Bertz CT molecular complexity index is 395. The van der Waals surface area contributed by atoms with Gasteiger partial charge in [0, 0.05) is 13.1 Å². The molecule has 1 N–H and O–H groups in total. The predicted octanol–water partition coefficient (Wildman–Crippen LogP) is 2.48. The quantitative estimate of drug-likeness (QED) is 0.673. The van der Waals surface area contributed by atoms with Gasteiger partial charge in [-0.05, 0) is 45.9 Å². The lowest BCUT2D eigenvalue weighted by atomic mass is 10.2. The zero-order chi connectivity index (χ0) is 15.7. The van der Waals surface area contributed by atoms with Crippen LogP contribution in [0, 0.1) is 6.92 Å². The van der Waals surface area contributed by atoms with Crippen LogP contribution in [0.15, 0.2) is 24.3 Å². The Kier molecular flexibility index (Phi) is 8.35. The predicted molar refractivity (Wildman–Crippen MR) is 85.9 cm³/mol. The van der Waals surface area contributed by atoms with E-state index in [1.165, 1.54) is 0 Å². The van der Waals surface area contributed by atoms with Gasteiger partial charge in [0.2, 0.25) is 0 Å². The fourth-order valence-corrected chi connectivity index (χ4v) is 2.04. The van der Waals surface area contributed by atoms with Crippen LogP contribution in [0.2, 0.25) is 0 Å². The number of para-hydroxylation sites is 1.